The summed E-state index contributed by atoms with van der Waals surface area (Å²) in [6, 6.07) is 29.0. The van der Waals surface area contributed by atoms with Gasteiger partial charge >= 0.3 is 0 Å². The molecule has 4 nitrogen and oxygen atoms in total. The zero-order valence-electron chi connectivity index (χ0n) is 19.8. The normalized spacial score (nSPS) is 19.1. The molecule has 4 aromatic rings. The van der Waals surface area contributed by atoms with E-state index >= 15 is 0 Å². The van der Waals surface area contributed by atoms with Crippen molar-refractivity contribution in [3.63, 3.8) is 0 Å². The SMILES string of the molecule is N#Cc1c(/C(=C(/c2ccccc2)C2CCC2)c2[c]cccc2)ccc2c1cnn2C1CCCCO1. The van der Waals surface area contributed by atoms with E-state index in [1.54, 1.807) is 0 Å². The average molecular weight is 459 g/mol. The largest absolute Gasteiger partial charge is 0.356 e. The zero-order chi connectivity index (χ0) is 23.6. The maximum atomic E-state index is 10.4. The van der Waals surface area contributed by atoms with Crippen LogP contribution in [-0.4, -0.2) is 16.4 Å². The van der Waals surface area contributed by atoms with Crippen molar-refractivity contribution in [1.29, 1.82) is 5.26 Å². The summed E-state index contributed by atoms with van der Waals surface area (Å²) in [7, 11) is 0. The second kappa shape index (κ2) is 9.52. The monoisotopic (exact) mass is 458 g/mol. The predicted octanol–water partition coefficient (Wildman–Crippen LogP) is 7.17. The first-order valence-electron chi connectivity index (χ1n) is 12.6. The van der Waals surface area contributed by atoms with Crippen LogP contribution in [0, 0.1) is 23.3 Å². The highest BCUT2D eigenvalue weighted by Gasteiger charge is 2.29. The number of fused-ring (bicyclic) bond motifs is 1. The van der Waals surface area contributed by atoms with E-state index in [2.05, 4.69) is 71.8 Å². The molecule has 1 saturated heterocycles. The van der Waals surface area contributed by atoms with Crippen LogP contribution in [0.25, 0.3) is 22.0 Å². The van der Waals surface area contributed by atoms with Crippen LogP contribution in [0.2, 0.25) is 0 Å². The molecular formula is C31H28N3O. The number of allylic oxidation sites excluding steroid dienone is 1. The molecule has 0 spiro atoms. The van der Waals surface area contributed by atoms with E-state index in [1.807, 2.05) is 23.0 Å². The molecule has 0 bridgehead atoms. The van der Waals surface area contributed by atoms with Gasteiger partial charge in [-0.2, -0.15) is 10.4 Å². The Hall–Kier alpha value is -3.68. The van der Waals surface area contributed by atoms with Crippen LogP contribution < -0.4 is 0 Å². The molecule has 2 fully saturated rings. The van der Waals surface area contributed by atoms with Crippen LogP contribution in [-0.2, 0) is 4.74 Å². The number of rotatable bonds is 5. The maximum absolute atomic E-state index is 10.4. The fraction of sp³-hybridized carbons (Fsp3) is 0.290. The van der Waals surface area contributed by atoms with Crippen LogP contribution in [0.5, 0.6) is 0 Å². The molecule has 173 valence electrons. The Kier molecular flexibility index (Phi) is 5.94. The third-order valence-electron chi connectivity index (χ3n) is 7.44. The van der Waals surface area contributed by atoms with E-state index in [0.717, 1.165) is 53.5 Å². The van der Waals surface area contributed by atoms with Crippen LogP contribution in [0.15, 0.2) is 72.9 Å². The third kappa shape index (κ3) is 3.96. The molecule has 1 aromatic heterocycles. The minimum Gasteiger partial charge on any atom is -0.356 e. The summed E-state index contributed by atoms with van der Waals surface area (Å²) in [4.78, 5) is 0. The van der Waals surface area contributed by atoms with Crippen LogP contribution in [0.1, 0.15) is 67.0 Å². The lowest BCUT2D eigenvalue weighted by Crippen LogP contribution is -2.19. The molecule has 2 heterocycles. The maximum Gasteiger partial charge on any atom is 0.150 e. The number of hydrogen-bond acceptors (Lipinski definition) is 3. The first-order valence-corrected chi connectivity index (χ1v) is 12.6. The summed E-state index contributed by atoms with van der Waals surface area (Å²) in [5.74, 6) is 0.474. The molecule has 3 aromatic carbocycles. The highest BCUT2D eigenvalue weighted by atomic mass is 16.5. The van der Waals surface area contributed by atoms with Gasteiger partial charge in [-0.15, -0.1) is 0 Å². The lowest BCUT2D eigenvalue weighted by atomic mass is 9.72. The number of nitrogens with zero attached hydrogens (tertiary/aromatic N) is 3. The van der Waals surface area contributed by atoms with Gasteiger partial charge in [-0.1, -0.05) is 67.1 Å². The van der Waals surface area contributed by atoms with E-state index in [-0.39, 0.29) is 6.23 Å². The number of aromatic nitrogens is 2. The first kappa shape index (κ1) is 21.8. The Balaban J connectivity index is 1.60. The topological polar surface area (TPSA) is 50.8 Å². The number of benzene rings is 3. The van der Waals surface area contributed by atoms with E-state index in [9.17, 15) is 5.26 Å². The molecule has 0 amide bonds. The Bertz CT molecular complexity index is 1400. The van der Waals surface area contributed by atoms with Crippen LogP contribution in [0.4, 0.5) is 0 Å². The summed E-state index contributed by atoms with van der Waals surface area (Å²) in [6.45, 7) is 0.758. The van der Waals surface area contributed by atoms with Crippen molar-refractivity contribution in [1.82, 2.24) is 9.78 Å². The first-order chi connectivity index (χ1) is 17.3. The molecule has 1 saturated carbocycles. The van der Waals surface area contributed by atoms with Gasteiger partial charge in [0.25, 0.3) is 0 Å². The summed E-state index contributed by atoms with van der Waals surface area (Å²) < 4.78 is 7.96. The highest BCUT2D eigenvalue weighted by Crippen LogP contribution is 2.46. The van der Waals surface area contributed by atoms with E-state index < -0.39 is 0 Å². The Morgan fingerprint density at radius 1 is 0.971 bits per heavy atom. The van der Waals surface area contributed by atoms with Gasteiger partial charge in [0.2, 0.25) is 0 Å². The molecule has 1 atom stereocenters. The summed E-state index contributed by atoms with van der Waals surface area (Å²) in [5, 5.41) is 16.0. The quantitative estimate of drug-likeness (QED) is 0.298. The molecule has 1 aliphatic heterocycles. The second-order valence-corrected chi connectivity index (χ2v) is 9.50. The fourth-order valence-electron chi connectivity index (χ4n) is 5.48. The molecule has 1 unspecified atom stereocenters. The van der Waals surface area contributed by atoms with Crippen molar-refractivity contribution in [2.24, 2.45) is 5.92 Å². The van der Waals surface area contributed by atoms with Crippen molar-refractivity contribution >= 4 is 22.0 Å². The zero-order valence-corrected chi connectivity index (χ0v) is 19.8. The molecule has 4 heteroatoms. The van der Waals surface area contributed by atoms with Crippen LogP contribution >= 0.6 is 0 Å². The van der Waals surface area contributed by atoms with E-state index in [1.165, 1.54) is 30.4 Å². The van der Waals surface area contributed by atoms with Gasteiger partial charge in [-0.05, 0) is 72.4 Å². The molecule has 2 aliphatic rings. The van der Waals surface area contributed by atoms with Gasteiger partial charge in [0.1, 0.15) is 6.07 Å². The standard InChI is InChI=1S/C31H28N3O/c32-20-26-25(17-18-28-27(26)21-33-34(28)29-16-7-8-19-35-29)31(24-12-5-2-6-13-24)30(23-14-9-15-23)22-10-3-1-4-11-22/h1-6,10-12,17-18,21,23,29H,7-9,14-16,19H2/b31-30-. The Labute approximate surface area is 206 Å². The van der Waals surface area contributed by atoms with Crippen molar-refractivity contribution < 1.29 is 4.74 Å². The molecular weight excluding hydrogens is 430 g/mol. The van der Waals surface area contributed by atoms with Crippen molar-refractivity contribution in [3.8, 4) is 6.07 Å². The summed E-state index contributed by atoms with van der Waals surface area (Å²) in [5.41, 5.74) is 7.26. The fourth-order valence-corrected chi connectivity index (χ4v) is 5.48. The molecule has 6 rings (SSSR count). The number of nitriles is 1. The van der Waals surface area contributed by atoms with Gasteiger partial charge in [0.05, 0.1) is 17.3 Å². The Morgan fingerprint density at radius 2 is 1.83 bits per heavy atom. The summed E-state index contributed by atoms with van der Waals surface area (Å²) in [6.07, 6.45) is 8.53. The lowest BCUT2D eigenvalue weighted by molar-refractivity contribution is -0.0366. The van der Waals surface area contributed by atoms with E-state index in [0.29, 0.717) is 11.5 Å². The van der Waals surface area contributed by atoms with Gasteiger partial charge in [0.15, 0.2) is 6.23 Å². The van der Waals surface area contributed by atoms with Crippen LogP contribution in [0.3, 0.4) is 0 Å². The van der Waals surface area contributed by atoms with Gasteiger partial charge < -0.3 is 4.74 Å². The molecule has 1 radical (unpaired) electrons. The minimum absolute atomic E-state index is 0.0639. The smallest absolute Gasteiger partial charge is 0.150 e. The van der Waals surface area contributed by atoms with Crippen molar-refractivity contribution in [2.75, 3.05) is 6.61 Å². The van der Waals surface area contributed by atoms with Gasteiger partial charge in [-0.3, -0.25) is 0 Å². The van der Waals surface area contributed by atoms with Crippen molar-refractivity contribution in [3.05, 3.63) is 101 Å². The second-order valence-electron chi connectivity index (χ2n) is 9.50. The Morgan fingerprint density at radius 3 is 2.51 bits per heavy atom. The molecule has 0 N–H and O–H groups in total. The third-order valence-corrected chi connectivity index (χ3v) is 7.44. The molecule has 1 aliphatic carbocycles. The van der Waals surface area contributed by atoms with Gasteiger partial charge in [0, 0.05) is 17.6 Å². The highest BCUT2D eigenvalue weighted by molar-refractivity contribution is 6.03. The number of ether oxygens (including phenoxy) is 1. The molecule has 35 heavy (non-hydrogen) atoms. The van der Waals surface area contributed by atoms with E-state index in [4.69, 9.17) is 4.74 Å². The predicted molar refractivity (Wildman–Crippen MR) is 138 cm³/mol. The minimum atomic E-state index is -0.0639. The van der Waals surface area contributed by atoms with Crippen molar-refractivity contribution in [2.45, 2.75) is 44.8 Å². The van der Waals surface area contributed by atoms with Gasteiger partial charge in [-0.25, -0.2) is 4.68 Å². The summed E-state index contributed by atoms with van der Waals surface area (Å²) >= 11 is 0. The lowest BCUT2D eigenvalue weighted by Gasteiger charge is -2.32. The average Bonchev–Trinajstić information content (AvgIpc) is 3.33. The number of hydrogen-bond donors (Lipinski definition) is 0.